The molecule has 0 aliphatic heterocycles. The summed E-state index contributed by atoms with van der Waals surface area (Å²) in [5, 5.41) is 11.9. The Morgan fingerprint density at radius 1 is 1.20 bits per heavy atom. The molecule has 0 radical (unpaired) electrons. The molecule has 1 aromatic carbocycles. The van der Waals surface area contributed by atoms with Gasteiger partial charge in [-0.2, -0.15) is 0 Å². The molecule has 30 heavy (non-hydrogen) atoms. The maximum Gasteiger partial charge on any atom is 0.407 e. The van der Waals surface area contributed by atoms with Gasteiger partial charge in [0.2, 0.25) is 5.91 Å². The number of hydrogen-bond acceptors (Lipinski definition) is 5. The molecular formula is C21H31ClN2O6. The molecule has 0 aliphatic carbocycles. The van der Waals surface area contributed by atoms with Gasteiger partial charge in [0, 0.05) is 12.8 Å². The molecule has 8 nitrogen and oxygen atoms in total. The maximum absolute atomic E-state index is 12.1. The molecular weight excluding hydrogens is 412 g/mol. The summed E-state index contributed by atoms with van der Waals surface area (Å²) in [5.74, 6) is -0.854. The standard InChI is InChI=1S/C21H31ClN2O6/c1-21(2,3)30-20(28)24-15(11-12-17(23)25)13-29-16-9-6-8-14(19(16)22)7-4-5-10-18(26)27/h6,8-9,15H,4-5,7,10-13H2,1-3H3,(H2,23,25)(H,24,28)(H,26,27)/t15-/m0/s1. The van der Waals surface area contributed by atoms with Gasteiger partial charge >= 0.3 is 12.1 Å². The van der Waals surface area contributed by atoms with Crippen molar-refractivity contribution in [2.24, 2.45) is 5.73 Å². The average molecular weight is 443 g/mol. The average Bonchev–Trinajstić information content (AvgIpc) is 2.61. The summed E-state index contributed by atoms with van der Waals surface area (Å²) in [6, 6.07) is 4.87. The minimum absolute atomic E-state index is 0.0781. The highest BCUT2D eigenvalue weighted by Crippen LogP contribution is 2.29. The van der Waals surface area contributed by atoms with E-state index in [1.54, 1.807) is 32.9 Å². The molecule has 2 amide bonds. The van der Waals surface area contributed by atoms with Crippen molar-refractivity contribution in [3.05, 3.63) is 28.8 Å². The quantitative estimate of drug-likeness (QED) is 0.423. The van der Waals surface area contributed by atoms with E-state index in [2.05, 4.69) is 5.32 Å². The SMILES string of the molecule is CC(C)(C)OC(=O)N[C@@H](CCC(N)=O)COc1cccc(CCCCC(=O)O)c1Cl. The number of alkyl carbamates (subject to hydrolysis) is 1. The predicted molar refractivity (Wildman–Crippen MR) is 114 cm³/mol. The maximum atomic E-state index is 12.1. The Morgan fingerprint density at radius 2 is 1.90 bits per heavy atom. The van der Waals surface area contributed by atoms with Crippen LogP contribution >= 0.6 is 11.6 Å². The van der Waals surface area contributed by atoms with Crippen LogP contribution in [0.1, 0.15) is 58.4 Å². The zero-order chi connectivity index (χ0) is 22.7. The van der Waals surface area contributed by atoms with Gasteiger partial charge in [-0.1, -0.05) is 23.7 Å². The third kappa shape index (κ3) is 10.9. The first-order chi connectivity index (χ1) is 14.0. The number of rotatable bonds is 12. The van der Waals surface area contributed by atoms with Crippen molar-refractivity contribution < 1.29 is 29.0 Å². The van der Waals surface area contributed by atoms with E-state index in [0.717, 1.165) is 5.56 Å². The number of amides is 2. The van der Waals surface area contributed by atoms with Crippen LogP contribution < -0.4 is 15.8 Å². The van der Waals surface area contributed by atoms with Crippen LogP contribution in [-0.2, 0) is 20.7 Å². The Kier molecular flexibility index (Phi) is 10.5. The number of carbonyl (C=O) groups is 3. The van der Waals surface area contributed by atoms with Crippen LogP contribution in [0.3, 0.4) is 0 Å². The Labute approximate surface area is 182 Å². The summed E-state index contributed by atoms with van der Waals surface area (Å²) in [6.45, 7) is 5.34. The van der Waals surface area contributed by atoms with Gasteiger partial charge in [-0.25, -0.2) is 4.79 Å². The molecule has 1 rings (SSSR count). The van der Waals surface area contributed by atoms with E-state index in [4.69, 9.17) is 31.9 Å². The van der Waals surface area contributed by atoms with Gasteiger partial charge in [-0.15, -0.1) is 0 Å². The first-order valence-electron chi connectivity index (χ1n) is 9.87. The van der Waals surface area contributed by atoms with Crippen LogP contribution in [0, 0.1) is 0 Å². The summed E-state index contributed by atoms with van der Waals surface area (Å²) in [5.41, 5.74) is 5.42. The van der Waals surface area contributed by atoms with Gasteiger partial charge in [-0.3, -0.25) is 9.59 Å². The highest BCUT2D eigenvalue weighted by Gasteiger charge is 2.21. The number of nitrogens with one attached hydrogen (secondary N) is 1. The molecule has 1 atom stereocenters. The summed E-state index contributed by atoms with van der Waals surface area (Å²) in [7, 11) is 0. The second kappa shape index (κ2) is 12.3. The third-order valence-corrected chi connectivity index (χ3v) is 4.46. The molecule has 0 aromatic heterocycles. The number of nitrogens with two attached hydrogens (primary N) is 1. The lowest BCUT2D eigenvalue weighted by molar-refractivity contribution is -0.137. The molecule has 0 bridgehead atoms. The molecule has 1 aromatic rings. The van der Waals surface area contributed by atoms with E-state index in [-0.39, 0.29) is 19.4 Å². The Hall–Kier alpha value is -2.48. The summed E-state index contributed by atoms with van der Waals surface area (Å²) >= 11 is 6.43. The lowest BCUT2D eigenvalue weighted by Crippen LogP contribution is -2.42. The van der Waals surface area contributed by atoms with Crippen molar-refractivity contribution in [1.29, 1.82) is 0 Å². The summed E-state index contributed by atoms with van der Waals surface area (Å²) < 4.78 is 11.1. The number of carbonyl (C=O) groups excluding carboxylic acids is 2. The zero-order valence-corrected chi connectivity index (χ0v) is 18.5. The van der Waals surface area contributed by atoms with E-state index in [1.807, 2.05) is 6.07 Å². The van der Waals surface area contributed by atoms with Crippen LogP contribution in [0.2, 0.25) is 5.02 Å². The van der Waals surface area contributed by atoms with E-state index in [0.29, 0.717) is 36.5 Å². The number of unbranched alkanes of at least 4 members (excludes halogenated alkanes) is 1. The van der Waals surface area contributed by atoms with Crippen molar-refractivity contribution in [3.8, 4) is 5.75 Å². The Balaban J connectivity index is 2.72. The van der Waals surface area contributed by atoms with E-state index in [1.165, 1.54) is 0 Å². The first-order valence-corrected chi connectivity index (χ1v) is 10.3. The fourth-order valence-electron chi connectivity index (χ4n) is 2.63. The largest absolute Gasteiger partial charge is 0.490 e. The fourth-order valence-corrected chi connectivity index (χ4v) is 2.91. The normalized spacial score (nSPS) is 12.1. The van der Waals surface area contributed by atoms with Crippen LogP contribution in [0.25, 0.3) is 0 Å². The van der Waals surface area contributed by atoms with Crippen molar-refractivity contribution in [3.63, 3.8) is 0 Å². The van der Waals surface area contributed by atoms with Gasteiger partial charge in [0.05, 0.1) is 11.1 Å². The third-order valence-electron chi connectivity index (χ3n) is 4.03. The lowest BCUT2D eigenvalue weighted by Gasteiger charge is -2.24. The monoisotopic (exact) mass is 442 g/mol. The molecule has 9 heteroatoms. The molecule has 168 valence electrons. The molecule has 0 spiro atoms. The fraction of sp³-hybridized carbons (Fsp3) is 0.571. The predicted octanol–water partition coefficient (Wildman–Crippen LogP) is 3.68. The number of hydrogen-bond donors (Lipinski definition) is 3. The lowest BCUT2D eigenvalue weighted by atomic mass is 10.1. The van der Waals surface area contributed by atoms with Gasteiger partial charge in [0.1, 0.15) is 18.0 Å². The zero-order valence-electron chi connectivity index (χ0n) is 17.7. The van der Waals surface area contributed by atoms with Gasteiger partial charge in [0.15, 0.2) is 0 Å². The Bertz CT molecular complexity index is 733. The molecule has 4 N–H and O–H groups in total. The van der Waals surface area contributed by atoms with Gasteiger partial charge in [-0.05, 0) is 58.1 Å². The molecule has 0 saturated heterocycles. The highest BCUT2D eigenvalue weighted by molar-refractivity contribution is 6.32. The molecule has 0 fully saturated rings. The smallest absolute Gasteiger partial charge is 0.407 e. The number of aliphatic carboxylic acids is 1. The molecule has 0 unspecified atom stereocenters. The van der Waals surface area contributed by atoms with Crippen LogP contribution in [0.5, 0.6) is 5.75 Å². The number of halogens is 1. The van der Waals surface area contributed by atoms with E-state index < -0.39 is 29.6 Å². The van der Waals surface area contributed by atoms with Crippen LogP contribution in [0.15, 0.2) is 18.2 Å². The van der Waals surface area contributed by atoms with Crippen LogP contribution in [0.4, 0.5) is 4.79 Å². The number of primary amides is 1. The van der Waals surface area contributed by atoms with Crippen molar-refractivity contribution in [2.75, 3.05) is 6.61 Å². The van der Waals surface area contributed by atoms with E-state index in [9.17, 15) is 14.4 Å². The number of benzene rings is 1. The van der Waals surface area contributed by atoms with Crippen molar-refractivity contribution in [1.82, 2.24) is 5.32 Å². The minimum Gasteiger partial charge on any atom is -0.490 e. The topological polar surface area (TPSA) is 128 Å². The van der Waals surface area contributed by atoms with Gasteiger partial charge in [0.25, 0.3) is 0 Å². The van der Waals surface area contributed by atoms with Gasteiger partial charge < -0.3 is 25.6 Å². The minimum atomic E-state index is -0.822. The molecule has 0 saturated carbocycles. The second-order valence-electron chi connectivity index (χ2n) is 7.99. The number of ether oxygens (including phenoxy) is 2. The Morgan fingerprint density at radius 3 is 2.50 bits per heavy atom. The number of aryl methyl sites for hydroxylation is 1. The highest BCUT2D eigenvalue weighted by atomic mass is 35.5. The van der Waals surface area contributed by atoms with E-state index >= 15 is 0 Å². The number of carboxylic acid groups (broad SMARTS) is 1. The molecule has 0 heterocycles. The summed E-state index contributed by atoms with van der Waals surface area (Å²) in [6.07, 6.45) is 1.76. The number of carboxylic acids is 1. The van der Waals surface area contributed by atoms with Crippen molar-refractivity contribution >= 4 is 29.6 Å². The van der Waals surface area contributed by atoms with Crippen LogP contribution in [-0.4, -0.2) is 41.3 Å². The second-order valence-corrected chi connectivity index (χ2v) is 8.37. The van der Waals surface area contributed by atoms with Crippen molar-refractivity contribution in [2.45, 2.75) is 70.9 Å². The molecule has 0 aliphatic rings. The first kappa shape index (κ1) is 25.6. The summed E-state index contributed by atoms with van der Waals surface area (Å²) in [4.78, 5) is 33.8.